The van der Waals surface area contributed by atoms with Crippen molar-refractivity contribution in [2.45, 2.75) is 50.0 Å². The Balaban J connectivity index is 1.72. The van der Waals surface area contributed by atoms with E-state index in [1.165, 1.54) is 17.1 Å². The quantitative estimate of drug-likeness (QED) is 0.868. The number of anilines is 1. The van der Waals surface area contributed by atoms with Gasteiger partial charge in [-0.2, -0.15) is 5.10 Å². The molecule has 1 aliphatic carbocycles. The van der Waals surface area contributed by atoms with Crippen LogP contribution in [0.15, 0.2) is 35.4 Å². The van der Waals surface area contributed by atoms with Gasteiger partial charge >= 0.3 is 0 Å². The zero-order valence-electron chi connectivity index (χ0n) is 13.3. The Hall–Kier alpha value is -1.82. The molecular weight excluding hydrogens is 310 g/mol. The molecule has 2 heterocycles. The maximum Gasteiger partial charge on any atom is 0.267 e. The first kappa shape index (κ1) is 14.8. The van der Waals surface area contributed by atoms with Crippen molar-refractivity contribution in [3.63, 3.8) is 0 Å². The van der Waals surface area contributed by atoms with Gasteiger partial charge in [0, 0.05) is 12.7 Å². The van der Waals surface area contributed by atoms with Crippen molar-refractivity contribution in [2.75, 3.05) is 10.8 Å². The first-order valence-electron chi connectivity index (χ1n) is 8.24. The molecule has 6 heteroatoms. The summed E-state index contributed by atoms with van der Waals surface area (Å²) in [4.78, 5) is 0.348. The summed E-state index contributed by atoms with van der Waals surface area (Å²) in [7, 11) is -3.54. The van der Waals surface area contributed by atoms with Gasteiger partial charge in [0.25, 0.3) is 10.0 Å². The number of aromatic nitrogens is 2. The molecule has 2 aliphatic rings. The molecule has 1 aromatic carbocycles. The van der Waals surface area contributed by atoms with E-state index in [1.807, 2.05) is 28.9 Å². The average Bonchev–Trinajstić information content (AvgIpc) is 3.26. The highest BCUT2D eigenvalue weighted by atomic mass is 32.2. The fourth-order valence-corrected chi connectivity index (χ4v) is 5.41. The average molecular weight is 331 g/mol. The SMILES string of the molecule is Cc1nn(C2CCCC2)cc1S(=O)(=O)N1CCc2ccccc21. The van der Waals surface area contributed by atoms with Crippen LogP contribution in [0.5, 0.6) is 0 Å². The fraction of sp³-hybridized carbons (Fsp3) is 0.471. The summed E-state index contributed by atoms with van der Waals surface area (Å²) in [5, 5.41) is 4.50. The zero-order chi connectivity index (χ0) is 16.0. The Morgan fingerprint density at radius 1 is 1.17 bits per heavy atom. The molecule has 0 amide bonds. The minimum Gasteiger partial charge on any atom is -0.268 e. The summed E-state index contributed by atoms with van der Waals surface area (Å²) in [6, 6.07) is 8.08. The molecule has 0 spiro atoms. The van der Waals surface area contributed by atoms with Crippen molar-refractivity contribution in [1.29, 1.82) is 0 Å². The molecule has 122 valence electrons. The monoisotopic (exact) mass is 331 g/mol. The second kappa shape index (κ2) is 5.37. The number of nitrogens with zero attached hydrogens (tertiary/aromatic N) is 3. The normalized spacial score (nSPS) is 18.6. The van der Waals surface area contributed by atoms with Crippen LogP contribution in [0, 0.1) is 6.92 Å². The van der Waals surface area contributed by atoms with Gasteiger partial charge in [-0.15, -0.1) is 0 Å². The molecule has 1 fully saturated rings. The van der Waals surface area contributed by atoms with E-state index in [0.717, 1.165) is 30.5 Å². The lowest BCUT2D eigenvalue weighted by Gasteiger charge is -2.19. The van der Waals surface area contributed by atoms with E-state index in [0.29, 0.717) is 23.2 Å². The largest absolute Gasteiger partial charge is 0.268 e. The molecule has 23 heavy (non-hydrogen) atoms. The Labute approximate surface area is 137 Å². The lowest BCUT2D eigenvalue weighted by Crippen LogP contribution is -2.29. The van der Waals surface area contributed by atoms with Gasteiger partial charge in [-0.25, -0.2) is 8.42 Å². The number of sulfonamides is 1. The zero-order valence-corrected chi connectivity index (χ0v) is 14.1. The standard InChI is InChI=1S/C17H21N3O2S/c1-13-17(12-19(18-13)15-7-3-4-8-15)23(21,22)20-11-10-14-6-2-5-9-16(14)20/h2,5-6,9,12,15H,3-4,7-8,10-11H2,1H3. The van der Waals surface area contributed by atoms with Crippen molar-refractivity contribution in [3.05, 3.63) is 41.7 Å². The van der Waals surface area contributed by atoms with E-state index >= 15 is 0 Å². The molecule has 0 atom stereocenters. The van der Waals surface area contributed by atoms with Crippen LogP contribution in [0.4, 0.5) is 5.69 Å². The second-order valence-corrected chi connectivity index (χ2v) is 8.28. The van der Waals surface area contributed by atoms with Crippen molar-refractivity contribution in [1.82, 2.24) is 9.78 Å². The number of para-hydroxylation sites is 1. The highest BCUT2D eigenvalue weighted by molar-refractivity contribution is 7.92. The van der Waals surface area contributed by atoms with Gasteiger partial charge in [-0.05, 0) is 37.8 Å². The third-order valence-corrected chi connectivity index (χ3v) is 6.90. The minimum absolute atomic E-state index is 0.348. The maximum absolute atomic E-state index is 13.1. The third-order valence-electron chi connectivity index (χ3n) is 4.98. The van der Waals surface area contributed by atoms with E-state index in [9.17, 15) is 8.42 Å². The molecule has 1 aliphatic heterocycles. The van der Waals surface area contributed by atoms with Gasteiger partial charge in [0.2, 0.25) is 0 Å². The van der Waals surface area contributed by atoms with Crippen molar-refractivity contribution >= 4 is 15.7 Å². The fourth-order valence-electron chi connectivity index (χ4n) is 3.75. The molecule has 0 saturated heterocycles. The summed E-state index contributed by atoms with van der Waals surface area (Å²) in [5.74, 6) is 0. The van der Waals surface area contributed by atoms with Gasteiger partial charge in [-0.3, -0.25) is 8.99 Å². The van der Waals surface area contributed by atoms with Crippen LogP contribution in [0.3, 0.4) is 0 Å². The number of rotatable bonds is 3. The van der Waals surface area contributed by atoms with Crippen LogP contribution in [-0.2, 0) is 16.4 Å². The van der Waals surface area contributed by atoms with Gasteiger partial charge in [0.05, 0.1) is 17.4 Å². The molecule has 4 rings (SSSR count). The number of fused-ring (bicyclic) bond motifs is 1. The number of benzene rings is 1. The van der Waals surface area contributed by atoms with Crippen LogP contribution < -0.4 is 4.31 Å². The Morgan fingerprint density at radius 3 is 2.70 bits per heavy atom. The number of hydrogen-bond donors (Lipinski definition) is 0. The van der Waals surface area contributed by atoms with Crippen LogP contribution in [0.25, 0.3) is 0 Å². The van der Waals surface area contributed by atoms with Gasteiger partial charge in [0.15, 0.2) is 0 Å². The van der Waals surface area contributed by atoms with Gasteiger partial charge in [0.1, 0.15) is 4.90 Å². The molecule has 1 aromatic heterocycles. The minimum atomic E-state index is -3.54. The molecule has 0 N–H and O–H groups in total. The van der Waals surface area contributed by atoms with Gasteiger partial charge in [-0.1, -0.05) is 31.0 Å². The molecule has 0 unspecified atom stereocenters. The van der Waals surface area contributed by atoms with E-state index in [2.05, 4.69) is 5.10 Å². The van der Waals surface area contributed by atoms with E-state index in [4.69, 9.17) is 0 Å². The molecule has 5 nitrogen and oxygen atoms in total. The predicted octanol–water partition coefficient (Wildman–Crippen LogP) is 3.06. The summed E-state index contributed by atoms with van der Waals surface area (Å²) < 4.78 is 29.6. The van der Waals surface area contributed by atoms with Crippen LogP contribution in [0.2, 0.25) is 0 Å². The maximum atomic E-state index is 13.1. The van der Waals surface area contributed by atoms with Gasteiger partial charge < -0.3 is 0 Å². The first-order valence-corrected chi connectivity index (χ1v) is 9.68. The Kier molecular flexibility index (Phi) is 3.44. The number of hydrogen-bond acceptors (Lipinski definition) is 3. The Morgan fingerprint density at radius 2 is 1.91 bits per heavy atom. The van der Waals surface area contributed by atoms with Crippen LogP contribution in [-0.4, -0.2) is 24.7 Å². The molecule has 2 aromatic rings. The predicted molar refractivity (Wildman–Crippen MR) is 89.1 cm³/mol. The molecule has 0 radical (unpaired) electrons. The van der Waals surface area contributed by atoms with Crippen molar-refractivity contribution in [3.8, 4) is 0 Å². The van der Waals surface area contributed by atoms with Crippen molar-refractivity contribution in [2.24, 2.45) is 0 Å². The molecule has 1 saturated carbocycles. The highest BCUT2D eigenvalue weighted by Gasteiger charge is 2.33. The molecule has 0 bridgehead atoms. The summed E-state index contributed by atoms with van der Waals surface area (Å²) in [6.45, 7) is 2.30. The summed E-state index contributed by atoms with van der Waals surface area (Å²) >= 11 is 0. The topological polar surface area (TPSA) is 55.2 Å². The summed E-state index contributed by atoms with van der Waals surface area (Å²) in [6.07, 6.45) is 7.09. The summed E-state index contributed by atoms with van der Waals surface area (Å²) in [5.41, 5.74) is 2.50. The lowest BCUT2D eigenvalue weighted by molar-refractivity contribution is 0.464. The lowest BCUT2D eigenvalue weighted by atomic mass is 10.2. The number of aryl methyl sites for hydroxylation is 1. The highest BCUT2D eigenvalue weighted by Crippen LogP contribution is 2.35. The molecular formula is C17H21N3O2S. The van der Waals surface area contributed by atoms with E-state index in [-0.39, 0.29) is 0 Å². The van der Waals surface area contributed by atoms with Crippen LogP contribution >= 0.6 is 0 Å². The first-order chi connectivity index (χ1) is 11.1. The van der Waals surface area contributed by atoms with Crippen LogP contribution in [0.1, 0.15) is 43.0 Å². The Bertz CT molecular complexity index is 835. The van der Waals surface area contributed by atoms with E-state index < -0.39 is 10.0 Å². The third kappa shape index (κ3) is 2.36. The second-order valence-electron chi connectivity index (χ2n) is 6.45. The smallest absolute Gasteiger partial charge is 0.267 e. The van der Waals surface area contributed by atoms with E-state index in [1.54, 1.807) is 13.1 Å². The van der Waals surface area contributed by atoms with Crippen molar-refractivity contribution < 1.29 is 8.42 Å².